The normalized spacial score (nSPS) is 11.1. The van der Waals surface area contributed by atoms with E-state index in [-0.39, 0.29) is 11.7 Å². The second-order valence-corrected chi connectivity index (χ2v) is 7.32. The Morgan fingerprint density at radius 1 is 1.00 bits per heavy atom. The van der Waals surface area contributed by atoms with Gasteiger partial charge >= 0.3 is 0 Å². The summed E-state index contributed by atoms with van der Waals surface area (Å²) in [4.78, 5) is 17.7. The van der Waals surface area contributed by atoms with Gasteiger partial charge in [0.05, 0.1) is 22.3 Å². The molecular formula is C23H21FN4O. The molecule has 0 spiro atoms. The number of hydrogen-bond acceptors (Lipinski definition) is 3. The van der Waals surface area contributed by atoms with Crippen molar-refractivity contribution in [3.8, 4) is 5.69 Å². The molecule has 2 heterocycles. The Labute approximate surface area is 168 Å². The lowest BCUT2D eigenvalue weighted by Crippen LogP contribution is -2.13. The van der Waals surface area contributed by atoms with Crippen LogP contribution in [-0.2, 0) is 0 Å². The van der Waals surface area contributed by atoms with Crippen LogP contribution in [0, 0.1) is 33.5 Å². The first-order chi connectivity index (χ1) is 13.8. The molecule has 0 aliphatic rings. The summed E-state index contributed by atoms with van der Waals surface area (Å²) >= 11 is 0. The van der Waals surface area contributed by atoms with Crippen LogP contribution in [-0.4, -0.2) is 20.7 Å². The molecule has 0 bridgehead atoms. The first kappa shape index (κ1) is 18.8. The van der Waals surface area contributed by atoms with E-state index in [0.29, 0.717) is 33.7 Å². The molecule has 0 saturated heterocycles. The van der Waals surface area contributed by atoms with Crippen LogP contribution in [0.2, 0.25) is 0 Å². The zero-order valence-corrected chi connectivity index (χ0v) is 16.7. The third-order valence-corrected chi connectivity index (χ3v) is 4.72. The van der Waals surface area contributed by atoms with E-state index in [4.69, 9.17) is 0 Å². The number of nitrogens with one attached hydrogen (secondary N) is 1. The van der Waals surface area contributed by atoms with Gasteiger partial charge in [-0.1, -0.05) is 12.1 Å². The number of halogens is 1. The molecular weight excluding hydrogens is 367 g/mol. The molecule has 2 aromatic heterocycles. The Morgan fingerprint density at radius 3 is 2.41 bits per heavy atom. The van der Waals surface area contributed by atoms with Gasteiger partial charge in [-0.2, -0.15) is 5.10 Å². The lowest BCUT2D eigenvalue weighted by molar-refractivity contribution is 0.102. The minimum Gasteiger partial charge on any atom is -0.322 e. The second-order valence-electron chi connectivity index (χ2n) is 7.32. The molecule has 0 atom stereocenters. The molecule has 146 valence electrons. The number of carbonyl (C=O) groups excluding carboxylic acids is 1. The van der Waals surface area contributed by atoms with Gasteiger partial charge in [-0.15, -0.1) is 0 Å². The van der Waals surface area contributed by atoms with E-state index in [1.807, 2.05) is 39.8 Å². The van der Waals surface area contributed by atoms with Crippen LogP contribution in [0.3, 0.4) is 0 Å². The average molecular weight is 388 g/mol. The SMILES string of the molecule is Cc1cc(C)cc(NC(=O)c2cc(C)nc3c2c(C)nn3-c2cccc(F)c2)c1. The van der Waals surface area contributed by atoms with Gasteiger partial charge in [0.2, 0.25) is 0 Å². The van der Waals surface area contributed by atoms with Gasteiger partial charge in [-0.05, 0) is 75.2 Å². The zero-order valence-electron chi connectivity index (χ0n) is 16.7. The zero-order chi connectivity index (χ0) is 20.7. The summed E-state index contributed by atoms with van der Waals surface area (Å²) in [6.45, 7) is 7.63. The number of pyridine rings is 1. The minimum atomic E-state index is -0.357. The summed E-state index contributed by atoms with van der Waals surface area (Å²) in [6.07, 6.45) is 0. The number of carbonyl (C=O) groups is 1. The van der Waals surface area contributed by atoms with Crippen molar-refractivity contribution < 1.29 is 9.18 Å². The monoisotopic (exact) mass is 388 g/mol. The van der Waals surface area contributed by atoms with Gasteiger partial charge < -0.3 is 5.32 Å². The number of fused-ring (bicyclic) bond motifs is 1. The van der Waals surface area contributed by atoms with Crippen LogP contribution >= 0.6 is 0 Å². The van der Waals surface area contributed by atoms with Crippen molar-refractivity contribution in [3.05, 3.63) is 82.4 Å². The number of nitrogens with zero attached hydrogens (tertiary/aromatic N) is 3. The number of amides is 1. The fourth-order valence-electron chi connectivity index (χ4n) is 3.63. The fraction of sp³-hybridized carbons (Fsp3) is 0.174. The number of aromatic nitrogens is 3. The quantitative estimate of drug-likeness (QED) is 0.534. The van der Waals surface area contributed by atoms with Crippen LogP contribution in [0.25, 0.3) is 16.7 Å². The predicted molar refractivity (Wildman–Crippen MR) is 112 cm³/mol. The van der Waals surface area contributed by atoms with Crippen molar-refractivity contribution in [3.63, 3.8) is 0 Å². The Morgan fingerprint density at radius 2 is 1.72 bits per heavy atom. The van der Waals surface area contributed by atoms with Gasteiger partial charge in [-0.3, -0.25) is 4.79 Å². The summed E-state index contributed by atoms with van der Waals surface area (Å²) < 4.78 is 15.3. The average Bonchev–Trinajstić information content (AvgIpc) is 2.96. The van der Waals surface area contributed by atoms with Crippen molar-refractivity contribution >= 4 is 22.6 Å². The highest BCUT2D eigenvalue weighted by molar-refractivity contribution is 6.12. The molecule has 1 N–H and O–H groups in total. The molecule has 0 fully saturated rings. The highest BCUT2D eigenvalue weighted by Gasteiger charge is 2.20. The molecule has 6 heteroatoms. The van der Waals surface area contributed by atoms with Crippen LogP contribution in [0.4, 0.5) is 10.1 Å². The Balaban J connectivity index is 1.84. The van der Waals surface area contributed by atoms with Crippen LogP contribution < -0.4 is 5.32 Å². The lowest BCUT2D eigenvalue weighted by atomic mass is 10.1. The van der Waals surface area contributed by atoms with Crippen molar-refractivity contribution in [2.45, 2.75) is 27.7 Å². The van der Waals surface area contributed by atoms with E-state index in [1.165, 1.54) is 12.1 Å². The molecule has 0 aliphatic carbocycles. The van der Waals surface area contributed by atoms with Crippen molar-refractivity contribution in [2.75, 3.05) is 5.32 Å². The number of anilines is 1. The first-order valence-corrected chi connectivity index (χ1v) is 9.34. The molecule has 0 unspecified atom stereocenters. The summed E-state index contributed by atoms with van der Waals surface area (Å²) in [6, 6.07) is 13.8. The van der Waals surface area contributed by atoms with Crippen LogP contribution in [0.5, 0.6) is 0 Å². The number of aryl methyl sites for hydroxylation is 4. The third kappa shape index (κ3) is 3.61. The molecule has 29 heavy (non-hydrogen) atoms. The summed E-state index contributed by atoms with van der Waals surface area (Å²) in [5, 5.41) is 8.16. The Kier molecular flexibility index (Phi) is 4.62. The maximum Gasteiger partial charge on any atom is 0.256 e. The van der Waals surface area contributed by atoms with E-state index in [2.05, 4.69) is 21.5 Å². The number of hydrogen-bond donors (Lipinski definition) is 1. The number of benzene rings is 2. The van der Waals surface area contributed by atoms with Crippen LogP contribution in [0.1, 0.15) is 32.9 Å². The number of rotatable bonds is 3. The lowest BCUT2D eigenvalue weighted by Gasteiger charge is -2.10. The molecule has 4 aromatic rings. The summed E-state index contributed by atoms with van der Waals surface area (Å²) in [5.74, 6) is -0.586. The molecule has 4 rings (SSSR count). The minimum absolute atomic E-state index is 0.229. The first-order valence-electron chi connectivity index (χ1n) is 9.34. The van der Waals surface area contributed by atoms with Gasteiger partial charge in [0, 0.05) is 11.4 Å². The molecule has 1 amide bonds. The topological polar surface area (TPSA) is 59.8 Å². The second kappa shape index (κ2) is 7.13. The summed E-state index contributed by atoms with van der Waals surface area (Å²) in [7, 11) is 0. The fourth-order valence-corrected chi connectivity index (χ4v) is 3.63. The maximum absolute atomic E-state index is 13.7. The molecule has 0 saturated carbocycles. The van der Waals surface area contributed by atoms with Crippen LogP contribution in [0.15, 0.2) is 48.5 Å². The van der Waals surface area contributed by atoms with Crippen molar-refractivity contribution in [1.29, 1.82) is 0 Å². The highest BCUT2D eigenvalue weighted by atomic mass is 19.1. The third-order valence-electron chi connectivity index (χ3n) is 4.72. The van der Waals surface area contributed by atoms with E-state index >= 15 is 0 Å². The van der Waals surface area contributed by atoms with Gasteiger partial charge in [0.1, 0.15) is 5.82 Å². The molecule has 5 nitrogen and oxygen atoms in total. The predicted octanol–water partition coefficient (Wildman–Crippen LogP) is 5.05. The molecule has 0 aliphatic heterocycles. The van der Waals surface area contributed by atoms with E-state index in [9.17, 15) is 9.18 Å². The van der Waals surface area contributed by atoms with Crippen molar-refractivity contribution in [1.82, 2.24) is 14.8 Å². The van der Waals surface area contributed by atoms with E-state index in [0.717, 1.165) is 16.8 Å². The molecule has 0 radical (unpaired) electrons. The van der Waals surface area contributed by atoms with Gasteiger partial charge in [-0.25, -0.2) is 14.1 Å². The Bertz CT molecular complexity index is 1240. The molecule has 2 aromatic carbocycles. The van der Waals surface area contributed by atoms with Crippen molar-refractivity contribution in [2.24, 2.45) is 0 Å². The smallest absolute Gasteiger partial charge is 0.256 e. The van der Waals surface area contributed by atoms with Gasteiger partial charge in [0.15, 0.2) is 5.65 Å². The van der Waals surface area contributed by atoms with Gasteiger partial charge in [0.25, 0.3) is 5.91 Å². The Hall–Kier alpha value is -3.54. The standard InChI is InChI=1S/C23H21FN4O/c1-13-8-14(2)10-18(9-13)26-23(29)20-11-15(3)25-22-21(20)16(4)27-28(22)19-7-5-6-17(24)12-19/h5-12H,1-4H3,(H,26,29). The maximum atomic E-state index is 13.7. The van der Waals surface area contributed by atoms with E-state index < -0.39 is 0 Å². The highest BCUT2D eigenvalue weighted by Crippen LogP contribution is 2.26. The van der Waals surface area contributed by atoms with E-state index in [1.54, 1.807) is 22.9 Å². The largest absolute Gasteiger partial charge is 0.322 e. The summed E-state index contributed by atoms with van der Waals surface area (Å²) in [5.41, 5.74) is 5.80.